The molecule has 0 spiro atoms. The molecule has 0 saturated heterocycles. The molecule has 0 aromatic rings. The number of ether oxygens (including phenoxy) is 3. The van der Waals surface area contributed by atoms with Crippen molar-refractivity contribution in [1.29, 1.82) is 0 Å². The number of allylic oxidation sites excluding steroid dienone is 10. The zero-order valence-electron chi connectivity index (χ0n) is 40.9. The number of esters is 3. The molecule has 0 aromatic carbocycles. The van der Waals surface area contributed by atoms with E-state index in [-0.39, 0.29) is 31.1 Å². The van der Waals surface area contributed by atoms with Gasteiger partial charge in [-0.15, -0.1) is 0 Å². The lowest BCUT2D eigenvalue weighted by atomic mass is 10.1. The van der Waals surface area contributed by atoms with E-state index in [9.17, 15) is 14.4 Å². The summed E-state index contributed by atoms with van der Waals surface area (Å²) in [7, 11) is 0. The Morgan fingerprint density at radius 2 is 0.581 bits per heavy atom. The molecule has 0 rings (SSSR count). The van der Waals surface area contributed by atoms with Gasteiger partial charge in [0.25, 0.3) is 0 Å². The largest absolute Gasteiger partial charge is 0.462 e. The maximum absolute atomic E-state index is 12.8. The lowest BCUT2D eigenvalue weighted by Gasteiger charge is -2.18. The second-order valence-electron chi connectivity index (χ2n) is 17.4. The maximum Gasteiger partial charge on any atom is 0.306 e. The highest BCUT2D eigenvalue weighted by atomic mass is 16.6. The highest BCUT2D eigenvalue weighted by Crippen LogP contribution is 2.14. The molecule has 0 aliphatic heterocycles. The van der Waals surface area contributed by atoms with Crippen LogP contribution in [0.4, 0.5) is 0 Å². The number of carbonyl (C=O) groups excluding carboxylic acids is 3. The van der Waals surface area contributed by atoms with Crippen LogP contribution in [0.2, 0.25) is 0 Å². The van der Waals surface area contributed by atoms with Gasteiger partial charge in [0.1, 0.15) is 13.2 Å². The SMILES string of the molecule is CCCCC/C=C/C/C=C/CCCCCCCC(=O)OC[C@@H](COC(=O)CCCCCCC/C=C/CCCCCCC)OC(=O)CCCCCCC/C=C/C/C=C/CCCCC. The fourth-order valence-corrected chi connectivity index (χ4v) is 7.20. The lowest BCUT2D eigenvalue weighted by molar-refractivity contribution is -0.167. The van der Waals surface area contributed by atoms with Gasteiger partial charge in [-0.25, -0.2) is 0 Å². The second-order valence-corrected chi connectivity index (χ2v) is 17.4. The molecule has 0 amide bonds. The second kappa shape index (κ2) is 50.8. The summed E-state index contributed by atoms with van der Waals surface area (Å²) < 4.78 is 16.8. The molecular weight excluding hydrogens is 769 g/mol. The topological polar surface area (TPSA) is 78.9 Å². The van der Waals surface area contributed by atoms with Crippen LogP contribution in [0.5, 0.6) is 0 Å². The molecule has 1 atom stereocenters. The first-order valence-electron chi connectivity index (χ1n) is 26.3. The van der Waals surface area contributed by atoms with Crippen LogP contribution in [0.25, 0.3) is 0 Å². The van der Waals surface area contributed by atoms with E-state index in [4.69, 9.17) is 14.2 Å². The highest BCUT2D eigenvalue weighted by Gasteiger charge is 2.19. The Hall–Kier alpha value is -2.89. The van der Waals surface area contributed by atoms with E-state index in [1.165, 1.54) is 109 Å². The normalized spacial score (nSPS) is 12.5. The van der Waals surface area contributed by atoms with Gasteiger partial charge in [-0.2, -0.15) is 0 Å². The van der Waals surface area contributed by atoms with Gasteiger partial charge >= 0.3 is 17.9 Å². The third-order valence-electron chi connectivity index (χ3n) is 11.2. The Morgan fingerprint density at radius 1 is 0.323 bits per heavy atom. The van der Waals surface area contributed by atoms with Crippen LogP contribution in [0.15, 0.2) is 60.8 Å². The molecule has 0 bridgehead atoms. The van der Waals surface area contributed by atoms with Crippen molar-refractivity contribution in [3.8, 4) is 0 Å². The van der Waals surface area contributed by atoms with E-state index in [2.05, 4.69) is 81.5 Å². The van der Waals surface area contributed by atoms with Crippen molar-refractivity contribution in [2.75, 3.05) is 13.2 Å². The van der Waals surface area contributed by atoms with Crippen LogP contribution in [0, 0.1) is 0 Å². The molecule has 0 saturated carbocycles. The van der Waals surface area contributed by atoms with E-state index >= 15 is 0 Å². The van der Waals surface area contributed by atoms with Crippen LogP contribution >= 0.6 is 0 Å². The van der Waals surface area contributed by atoms with E-state index in [0.717, 1.165) is 109 Å². The summed E-state index contributed by atoms with van der Waals surface area (Å²) in [5.74, 6) is -0.920. The van der Waals surface area contributed by atoms with E-state index in [0.29, 0.717) is 19.3 Å². The van der Waals surface area contributed by atoms with Crippen LogP contribution < -0.4 is 0 Å². The number of hydrogen-bond donors (Lipinski definition) is 0. The molecule has 62 heavy (non-hydrogen) atoms. The summed E-state index contributed by atoms with van der Waals surface area (Å²) in [6.07, 6.45) is 61.9. The summed E-state index contributed by atoms with van der Waals surface area (Å²) in [4.78, 5) is 38.0. The van der Waals surface area contributed by atoms with Gasteiger partial charge in [-0.1, -0.05) is 191 Å². The Morgan fingerprint density at radius 3 is 0.935 bits per heavy atom. The molecule has 6 nitrogen and oxygen atoms in total. The predicted octanol–water partition coefficient (Wildman–Crippen LogP) is 17.3. The first kappa shape index (κ1) is 59.1. The molecule has 0 N–H and O–H groups in total. The van der Waals surface area contributed by atoms with Gasteiger partial charge in [0.05, 0.1) is 0 Å². The van der Waals surface area contributed by atoms with Gasteiger partial charge in [0, 0.05) is 19.3 Å². The number of carbonyl (C=O) groups is 3. The molecule has 0 aliphatic carbocycles. The van der Waals surface area contributed by atoms with Crippen LogP contribution in [0.3, 0.4) is 0 Å². The first-order chi connectivity index (χ1) is 30.5. The summed E-state index contributed by atoms with van der Waals surface area (Å²) in [6.45, 7) is 6.55. The van der Waals surface area contributed by atoms with Crippen molar-refractivity contribution in [3.05, 3.63) is 60.8 Å². The Bertz CT molecular complexity index is 1130. The minimum atomic E-state index is -0.789. The average molecular weight is 867 g/mol. The number of unbranched alkanes of at least 4 members (excludes halogenated alkanes) is 26. The molecule has 0 radical (unpaired) electrons. The van der Waals surface area contributed by atoms with E-state index < -0.39 is 6.10 Å². The van der Waals surface area contributed by atoms with Crippen molar-refractivity contribution in [2.24, 2.45) is 0 Å². The van der Waals surface area contributed by atoms with Crippen LogP contribution in [-0.2, 0) is 28.6 Å². The Kier molecular flexibility index (Phi) is 48.4. The van der Waals surface area contributed by atoms with Crippen molar-refractivity contribution in [3.63, 3.8) is 0 Å². The molecule has 0 aliphatic rings. The molecule has 0 fully saturated rings. The van der Waals surface area contributed by atoms with Gasteiger partial charge in [0.15, 0.2) is 6.10 Å². The number of rotatable bonds is 47. The van der Waals surface area contributed by atoms with E-state index in [1.54, 1.807) is 0 Å². The maximum atomic E-state index is 12.8. The zero-order chi connectivity index (χ0) is 45.1. The lowest BCUT2D eigenvalue weighted by Crippen LogP contribution is -2.30. The molecule has 6 heteroatoms. The van der Waals surface area contributed by atoms with Crippen LogP contribution in [-0.4, -0.2) is 37.2 Å². The highest BCUT2D eigenvalue weighted by molar-refractivity contribution is 5.71. The van der Waals surface area contributed by atoms with Gasteiger partial charge in [0.2, 0.25) is 0 Å². The Balaban J connectivity index is 4.44. The summed E-state index contributed by atoms with van der Waals surface area (Å²) in [5.41, 5.74) is 0. The van der Waals surface area contributed by atoms with Crippen LogP contribution in [0.1, 0.15) is 258 Å². The summed E-state index contributed by atoms with van der Waals surface area (Å²) in [6, 6.07) is 0. The summed E-state index contributed by atoms with van der Waals surface area (Å²) in [5, 5.41) is 0. The van der Waals surface area contributed by atoms with Crippen molar-refractivity contribution >= 4 is 17.9 Å². The molecule has 0 aromatic heterocycles. The predicted molar refractivity (Wildman–Crippen MR) is 265 cm³/mol. The third kappa shape index (κ3) is 48.1. The molecular formula is C56H98O6. The van der Waals surface area contributed by atoms with Gasteiger partial charge in [-0.05, 0) is 109 Å². The quantitative estimate of drug-likeness (QED) is 0.0262. The van der Waals surface area contributed by atoms with Crippen molar-refractivity contribution in [2.45, 2.75) is 264 Å². The van der Waals surface area contributed by atoms with Crippen molar-refractivity contribution in [1.82, 2.24) is 0 Å². The molecule has 358 valence electrons. The van der Waals surface area contributed by atoms with Gasteiger partial charge in [-0.3, -0.25) is 14.4 Å². The molecule has 0 heterocycles. The standard InChI is InChI=1S/C56H98O6/c1-4-7-10-13-16-19-22-25-28-31-34-37-40-43-46-49-55(58)61-52-53(51-60-54(57)48-45-42-39-36-33-30-27-24-21-18-15-12-9-6-3)62-56(59)50-47-44-41-38-35-32-29-26-23-20-17-14-11-8-5-2/h16-17,19-20,24-29,53H,4-15,18,21-23,30-52H2,1-3H3/b19-16+,20-17+,27-24+,28-25+,29-26+/t53-/m1/s1. The summed E-state index contributed by atoms with van der Waals surface area (Å²) >= 11 is 0. The minimum Gasteiger partial charge on any atom is -0.462 e. The Labute approximate surface area is 383 Å². The third-order valence-corrected chi connectivity index (χ3v) is 11.2. The van der Waals surface area contributed by atoms with E-state index in [1.807, 2.05) is 0 Å². The molecule has 0 unspecified atom stereocenters. The monoisotopic (exact) mass is 867 g/mol. The fourth-order valence-electron chi connectivity index (χ4n) is 7.20. The minimum absolute atomic E-state index is 0.0886. The van der Waals surface area contributed by atoms with Gasteiger partial charge < -0.3 is 14.2 Å². The fraction of sp³-hybridized carbons (Fsp3) is 0.768. The average Bonchev–Trinajstić information content (AvgIpc) is 3.27. The van der Waals surface area contributed by atoms with Crippen molar-refractivity contribution < 1.29 is 28.6 Å². The zero-order valence-corrected chi connectivity index (χ0v) is 40.9. The smallest absolute Gasteiger partial charge is 0.306 e. The first-order valence-corrected chi connectivity index (χ1v) is 26.3. The number of hydrogen-bond acceptors (Lipinski definition) is 6.